The second kappa shape index (κ2) is 5.68. The van der Waals surface area contributed by atoms with Gasteiger partial charge in [0, 0.05) is 0 Å². The lowest BCUT2D eigenvalue weighted by Crippen LogP contribution is -2.15. The van der Waals surface area contributed by atoms with E-state index in [-0.39, 0.29) is 6.61 Å². The van der Waals surface area contributed by atoms with E-state index >= 15 is 0 Å². The highest BCUT2D eigenvalue weighted by atomic mass is 31.2. The lowest BCUT2D eigenvalue weighted by atomic mass is 10.4. The van der Waals surface area contributed by atoms with Gasteiger partial charge in [0.1, 0.15) is 0 Å². The van der Waals surface area contributed by atoms with Crippen LogP contribution in [0.1, 0.15) is 19.8 Å². The normalized spacial score (nSPS) is 16.6. The van der Waals surface area contributed by atoms with E-state index in [4.69, 9.17) is 0 Å². The van der Waals surface area contributed by atoms with Crippen LogP contribution >= 0.6 is 7.91 Å². The van der Waals surface area contributed by atoms with Gasteiger partial charge in [-0.1, -0.05) is 13.3 Å². The molecule has 86 valence electrons. The molecule has 0 radical (unpaired) electrons. The zero-order chi connectivity index (χ0) is 11.2. The van der Waals surface area contributed by atoms with Crippen molar-refractivity contribution in [1.29, 1.82) is 0 Å². The van der Waals surface area contributed by atoms with Gasteiger partial charge in [-0.2, -0.15) is 13.2 Å². The van der Waals surface area contributed by atoms with Gasteiger partial charge in [-0.15, -0.1) is 4.20 Å². The van der Waals surface area contributed by atoms with Crippen molar-refractivity contribution in [2.24, 2.45) is 0 Å². The Morgan fingerprint density at radius 1 is 1.29 bits per heavy atom. The molecule has 0 aromatic carbocycles. The summed E-state index contributed by atoms with van der Waals surface area (Å²) in [6, 6.07) is 0. The Bertz CT molecular complexity index is 206. The summed E-state index contributed by atoms with van der Waals surface area (Å²) in [6.45, 7) is -0.363. The molecule has 0 saturated heterocycles. The van der Waals surface area contributed by atoms with Crippen molar-refractivity contribution in [3.05, 3.63) is 0 Å². The third-order valence-corrected chi connectivity index (χ3v) is 2.05. The topological polar surface area (TPSA) is 35.5 Å². The van der Waals surface area contributed by atoms with Crippen LogP contribution in [0.15, 0.2) is 0 Å². The lowest BCUT2D eigenvalue weighted by molar-refractivity contribution is -0.156. The molecule has 0 bridgehead atoms. The first kappa shape index (κ1) is 13.9. The first-order valence-corrected chi connectivity index (χ1v) is 5.36. The number of halogens is 4. The van der Waals surface area contributed by atoms with Crippen molar-refractivity contribution >= 4 is 7.91 Å². The Morgan fingerprint density at radius 2 is 1.86 bits per heavy atom. The molecule has 0 amide bonds. The summed E-state index contributed by atoms with van der Waals surface area (Å²) in [6.07, 6.45) is -3.65. The van der Waals surface area contributed by atoms with E-state index in [1.54, 1.807) is 6.92 Å². The molecular formula is C6H11F4O3P. The molecule has 0 aliphatic heterocycles. The van der Waals surface area contributed by atoms with Gasteiger partial charge in [0.25, 0.3) is 0 Å². The standard InChI is InChI=1S/C6H11F4O3P/c1-2-3-4-12-14(10,11)13-5-6(7,8)9/h2-5H2,1H3. The molecular weight excluding hydrogens is 227 g/mol. The third-order valence-electron chi connectivity index (χ3n) is 1.13. The summed E-state index contributed by atoms with van der Waals surface area (Å²) in [5, 5.41) is 0. The molecule has 0 fully saturated rings. The van der Waals surface area contributed by atoms with Crippen LogP contribution in [-0.2, 0) is 13.6 Å². The average molecular weight is 238 g/mol. The van der Waals surface area contributed by atoms with Gasteiger partial charge in [-0.25, -0.2) is 4.57 Å². The van der Waals surface area contributed by atoms with E-state index in [2.05, 4.69) is 9.05 Å². The number of rotatable bonds is 6. The molecule has 0 N–H and O–H groups in total. The molecule has 0 aliphatic rings. The maximum Gasteiger partial charge on any atom is 0.513 e. The minimum Gasteiger partial charge on any atom is -0.284 e. The van der Waals surface area contributed by atoms with Crippen LogP contribution in [0, 0.1) is 0 Å². The van der Waals surface area contributed by atoms with Crippen molar-refractivity contribution in [3.8, 4) is 0 Å². The third kappa shape index (κ3) is 8.47. The first-order valence-electron chi connectivity index (χ1n) is 3.92. The van der Waals surface area contributed by atoms with E-state index in [0.29, 0.717) is 12.8 Å². The van der Waals surface area contributed by atoms with E-state index in [1.165, 1.54) is 0 Å². The van der Waals surface area contributed by atoms with Crippen LogP contribution in [0.4, 0.5) is 17.4 Å². The van der Waals surface area contributed by atoms with Crippen LogP contribution in [0.5, 0.6) is 0 Å². The highest BCUT2D eigenvalue weighted by molar-refractivity contribution is 7.48. The fourth-order valence-electron chi connectivity index (χ4n) is 0.505. The van der Waals surface area contributed by atoms with E-state index in [0.717, 1.165) is 0 Å². The molecule has 8 heteroatoms. The van der Waals surface area contributed by atoms with Crippen molar-refractivity contribution < 1.29 is 31.0 Å². The molecule has 3 nitrogen and oxygen atoms in total. The Labute approximate surface area is 79.0 Å². The molecule has 0 heterocycles. The monoisotopic (exact) mass is 238 g/mol. The molecule has 0 spiro atoms. The summed E-state index contributed by atoms with van der Waals surface area (Å²) < 4.78 is 65.1. The summed E-state index contributed by atoms with van der Waals surface area (Å²) >= 11 is 0. The maximum absolute atomic E-state index is 12.6. The van der Waals surface area contributed by atoms with Crippen molar-refractivity contribution in [3.63, 3.8) is 0 Å². The quantitative estimate of drug-likeness (QED) is 0.404. The number of hydrogen-bond acceptors (Lipinski definition) is 3. The van der Waals surface area contributed by atoms with Crippen LogP contribution < -0.4 is 0 Å². The average Bonchev–Trinajstić information content (AvgIpc) is 2.00. The number of unbranched alkanes of at least 4 members (excludes halogenated alkanes) is 1. The highest BCUT2D eigenvalue weighted by Crippen LogP contribution is 2.50. The summed E-state index contributed by atoms with van der Waals surface area (Å²) in [5.41, 5.74) is 0. The van der Waals surface area contributed by atoms with Gasteiger partial charge >= 0.3 is 14.1 Å². The Hall–Kier alpha value is -0.130. The minimum absolute atomic E-state index is 0.220. The summed E-state index contributed by atoms with van der Waals surface area (Å²) in [7, 11) is -5.04. The molecule has 1 atom stereocenters. The van der Waals surface area contributed by atoms with Crippen molar-refractivity contribution in [2.45, 2.75) is 25.9 Å². The van der Waals surface area contributed by atoms with Gasteiger partial charge in [-0.05, 0) is 6.42 Å². The van der Waals surface area contributed by atoms with Crippen LogP contribution in [0.2, 0.25) is 0 Å². The molecule has 0 aromatic rings. The zero-order valence-electron chi connectivity index (χ0n) is 7.51. The van der Waals surface area contributed by atoms with E-state index < -0.39 is 20.7 Å². The summed E-state index contributed by atoms with van der Waals surface area (Å²) in [4.78, 5) is 0. The minimum atomic E-state index is -5.04. The predicted octanol–water partition coefficient (Wildman–Crippen LogP) is 3.46. The van der Waals surface area contributed by atoms with Gasteiger partial charge < -0.3 is 0 Å². The molecule has 0 saturated carbocycles. The van der Waals surface area contributed by atoms with Gasteiger partial charge in [0.2, 0.25) is 0 Å². The van der Waals surface area contributed by atoms with Gasteiger partial charge in [0.15, 0.2) is 6.61 Å². The van der Waals surface area contributed by atoms with E-state index in [9.17, 15) is 21.9 Å². The van der Waals surface area contributed by atoms with E-state index in [1.807, 2.05) is 0 Å². The van der Waals surface area contributed by atoms with Gasteiger partial charge in [-0.3, -0.25) is 9.05 Å². The molecule has 0 aromatic heterocycles. The number of alkyl halides is 3. The molecule has 1 unspecified atom stereocenters. The second-order valence-electron chi connectivity index (χ2n) is 2.51. The van der Waals surface area contributed by atoms with Crippen molar-refractivity contribution in [1.82, 2.24) is 0 Å². The van der Waals surface area contributed by atoms with Gasteiger partial charge in [0.05, 0.1) is 6.61 Å². The largest absolute Gasteiger partial charge is 0.513 e. The predicted molar refractivity (Wildman–Crippen MR) is 41.6 cm³/mol. The fourth-order valence-corrected chi connectivity index (χ4v) is 1.23. The van der Waals surface area contributed by atoms with Crippen LogP contribution in [0.3, 0.4) is 0 Å². The maximum atomic E-state index is 12.6. The van der Waals surface area contributed by atoms with Crippen LogP contribution in [-0.4, -0.2) is 19.4 Å². The SMILES string of the molecule is CCCCOP(=O)(F)OCC(F)(F)F. The van der Waals surface area contributed by atoms with Crippen molar-refractivity contribution in [2.75, 3.05) is 13.2 Å². The molecule has 14 heavy (non-hydrogen) atoms. The second-order valence-corrected chi connectivity index (χ2v) is 3.88. The molecule has 0 aliphatic carbocycles. The smallest absolute Gasteiger partial charge is 0.284 e. The summed E-state index contributed by atoms with van der Waals surface area (Å²) in [5.74, 6) is 0. The fraction of sp³-hybridized carbons (Fsp3) is 1.00. The lowest BCUT2D eigenvalue weighted by Gasteiger charge is -2.11. The number of hydrogen-bond donors (Lipinski definition) is 0. The highest BCUT2D eigenvalue weighted by Gasteiger charge is 2.34. The molecule has 0 rings (SSSR count). The Kier molecular flexibility index (Phi) is 5.63. The Balaban J connectivity index is 3.78. The Morgan fingerprint density at radius 3 is 2.29 bits per heavy atom. The van der Waals surface area contributed by atoms with Crippen LogP contribution in [0.25, 0.3) is 0 Å². The first-order chi connectivity index (χ1) is 6.27. The zero-order valence-corrected chi connectivity index (χ0v) is 8.41.